The number of nitrogens with two attached hydrogens (primary N) is 1. The summed E-state index contributed by atoms with van der Waals surface area (Å²) in [4.78, 5) is 9.87. The highest BCUT2D eigenvalue weighted by atomic mass is 32.2. The third-order valence-electron chi connectivity index (χ3n) is 2.59. The summed E-state index contributed by atoms with van der Waals surface area (Å²) in [6, 6.07) is 1.81. The molecule has 0 bridgehead atoms. The maximum atomic E-state index is 5.80. The molecule has 1 fully saturated rings. The SMILES string of the molecule is Cn1cc(Sc2cc(N)nc(C3CC3)n2)cn1. The molecule has 2 aromatic heterocycles. The first-order valence-corrected chi connectivity index (χ1v) is 6.33. The van der Waals surface area contributed by atoms with E-state index in [1.54, 1.807) is 16.4 Å². The van der Waals surface area contributed by atoms with E-state index in [9.17, 15) is 0 Å². The molecule has 2 aromatic rings. The first-order chi connectivity index (χ1) is 8.20. The van der Waals surface area contributed by atoms with Crippen LogP contribution in [0.4, 0.5) is 5.82 Å². The molecule has 0 atom stereocenters. The number of nitrogen functional groups attached to an aromatic ring is 1. The molecular weight excluding hydrogens is 234 g/mol. The average molecular weight is 247 g/mol. The van der Waals surface area contributed by atoms with E-state index in [0.717, 1.165) is 15.7 Å². The van der Waals surface area contributed by atoms with Crippen LogP contribution in [0, 0.1) is 0 Å². The van der Waals surface area contributed by atoms with Crippen LogP contribution in [0.15, 0.2) is 28.4 Å². The zero-order chi connectivity index (χ0) is 11.8. The molecule has 1 aliphatic carbocycles. The van der Waals surface area contributed by atoms with Crippen LogP contribution < -0.4 is 5.73 Å². The molecule has 2 heterocycles. The van der Waals surface area contributed by atoms with E-state index in [0.29, 0.717) is 11.7 Å². The zero-order valence-electron chi connectivity index (χ0n) is 9.50. The van der Waals surface area contributed by atoms with E-state index in [1.807, 2.05) is 25.5 Å². The van der Waals surface area contributed by atoms with Crippen LogP contribution in [0.25, 0.3) is 0 Å². The number of nitrogens with zero attached hydrogens (tertiary/aromatic N) is 4. The third kappa shape index (κ3) is 2.41. The highest BCUT2D eigenvalue weighted by molar-refractivity contribution is 7.99. The molecule has 88 valence electrons. The molecule has 0 spiro atoms. The molecule has 0 saturated heterocycles. The van der Waals surface area contributed by atoms with Crippen molar-refractivity contribution in [3.05, 3.63) is 24.3 Å². The van der Waals surface area contributed by atoms with Gasteiger partial charge in [-0.1, -0.05) is 11.8 Å². The van der Waals surface area contributed by atoms with E-state index >= 15 is 0 Å². The Morgan fingerprint density at radius 2 is 2.24 bits per heavy atom. The molecule has 0 aromatic carbocycles. The molecule has 6 heteroatoms. The number of hydrogen-bond acceptors (Lipinski definition) is 5. The van der Waals surface area contributed by atoms with Gasteiger partial charge in [0.15, 0.2) is 0 Å². The van der Waals surface area contributed by atoms with Gasteiger partial charge in [0.1, 0.15) is 16.7 Å². The van der Waals surface area contributed by atoms with Crippen molar-refractivity contribution in [2.24, 2.45) is 7.05 Å². The highest BCUT2D eigenvalue weighted by Gasteiger charge is 2.27. The normalized spacial score (nSPS) is 15.1. The van der Waals surface area contributed by atoms with Crippen LogP contribution in [-0.4, -0.2) is 19.7 Å². The van der Waals surface area contributed by atoms with E-state index < -0.39 is 0 Å². The lowest BCUT2D eigenvalue weighted by atomic mass is 10.4. The Balaban J connectivity index is 1.86. The van der Waals surface area contributed by atoms with Gasteiger partial charge in [-0.05, 0) is 12.8 Å². The Morgan fingerprint density at radius 3 is 2.88 bits per heavy atom. The fourth-order valence-electron chi connectivity index (χ4n) is 1.61. The van der Waals surface area contributed by atoms with Crippen molar-refractivity contribution in [2.75, 3.05) is 5.73 Å². The van der Waals surface area contributed by atoms with Crippen LogP contribution in [0.3, 0.4) is 0 Å². The minimum Gasteiger partial charge on any atom is -0.384 e. The average Bonchev–Trinajstić information content (AvgIpc) is 3.03. The highest BCUT2D eigenvalue weighted by Crippen LogP contribution is 2.39. The Morgan fingerprint density at radius 1 is 1.41 bits per heavy atom. The summed E-state index contributed by atoms with van der Waals surface area (Å²) in [5.41, 5.74) is 5.80. The number of anilines is 1. The van der Waals surface area contributed by atoms with E-state index in [1.165, 1.54) is 12.8 Å². The van der Waals surface area contributed by atoms with Crippen LogP contribution in [-0.2, 0) is 7.05 Å². The molecule has 2 N–H and O–H groups in total. The molecule has 0 radical (unpaired) electrons. The molecule has 0 unspecified atom stereocenters. The van der Waals surface area contributed by atoms with Crippen molar-refractivity contribution in [1.82, 2.24) is 19.7 Å². The minimum atomic E-state index is 0.520. The van der Waals surface area contributed by atoms with Crippen molar-refractivity contribution in [3.63, 3.8) is 0 Å². The molecule has 0 amide bonds. The van der Waals surface area contributed by atoms with Crippen molar-refractivity contribution < 1.29 is 0 Å². The van der Waals surface area contributed by atoms with E-state index in [2.05, 4.69) is 15.1 Å². The molecule has 1 saturated carbocycles. The van der Waals surface area contributed by atoms with Crippen molar-refractivity contribution >= 4 is 17.6 Å². The lowest BCUT2D eigenvalue weighted by Crippen LogP contribution is -1.99. The number of rotatable bonds is 3. The van der Waals surface area contributed by atoms with Crippen LogP contribution in [0.1, 0.15) is 24.6 Å². The van der Waals surface area contributed by atoms with Gasteiger partial charge in [-0.15, -0.1) is 0 Å². The Bertz CT molecular complexity index is 547. The standard InChI is InChI=1S/C11H13N5S/c1-16-6-8(5-13-16)17-10-4-9(12)14-11(15-10)7-2-3-7/h4-7H,2-3H2,1H3,(H2,12,14,15). The van der Waals surface area contributed by atoms with E-state index in [-0.39, 0.29) is 0 Å². The third-order valence-corrected chi connectivity index (χ3v) is 3.45. The molecule has 0 aliphatic heterocycles. The summed E-state index contributed by atoms with van der Waals surface area (Å²) in [6.07, 6.45) is 6.14. The Kier molecular flexibility index (Phi) is 2.51. The second-order valence-electron chi connectivity index (χ2n) is 4.22. The summed E-state index contributed by atoms with van der Waals surface area (Å²) < 4.78 is 1.77. The summed E-state index contributed by atoms with van der Waals surface area (Å²) in [5, 5.41) is 5.02. The fraction of sp³-hybridized carbons (Fsp3) is 0.364. The Labute approximate surface area is 103 Å². The monoisotopic (exact) mass is 247 g/mol. The van der Waals surface area contributed by atoms with Crippen molar-refractivity contribution in [3.8, 4) is 0 Å². The number of hydrogen-bond donors (Lipinski definition) is 1. The largest absolute Gasteiger partial charge is 0.384 e. The molecule has 5 nitrogen and oxygen atoms in total. The van der Waals surface area contributed by atoms with Gasteiger partial charge in [0, 0.05) is 25.2 Å². The van der Waals surface area contributed by atoms with Gasteiger partial charge in [0.25, 0.3) is 0 Å². The van der Waals surface area contributed by atoms with Crippen LogP contribution in [0.5, 0.6) is 0 Å². The Hall–Kier alpha value is -1.56. The maximum Gasteiger partial charge on any atom is 0.135 e. The number of aryl methyl sites for hydroxylation is 1. The smallest absolute Gasteiger partial charge is 0.135 e. The van der Waals surface area contributed by atoms with Crippen LogP contribution in [0.2, 0.25) is 0 Å². The van der Waals surface area contributed by atoms with Crippen molar-refractivity contribution in [1.29, 1.82) is 0 Å². The maximum absolute atomic E-state index is 5.80. The molecule has 1 aliphatic rings. The second kappa shape index (κ2) is 4.03. The van der Waals surface area contributed by atoms with Gasteiger partial charge in [0.2, 0.25) is 0 Å². The zero-order valence-corrected chi connectivity index (χ0v) is 10.3. The van der Waals surface area contributed by atoms with E-state index in [4.69, 9.17) is 5.73 Å². The lowest BCUT2D eigenvalue weighted by Gasteiger charge is -2.03. The van der Waals surface area contributed by atoms with Gasteiger partial charge < -0.3 is 5.73 Å². The van der Waals surface area contributed by atoms with Crippen molar-refractivity contribution in [2.45, 2.75) is 28.7 Å². The van der Waals surface area contributed by atoms with Gasteiger partial charge in [-0.2, -0.15) is 5.10 Å². The predicted octanol–water partition coefficient (Wildman–Crippen LogP) is 1.82. The predicted molar refractivity (Wildman–Crippen MR) is 65.8 cm³/mol. The quantitative estimate of drug-likeness (QED) is 0.838. The molecule has 3 rings (SSSR count). The second-order valence-corrected chi connectivity index (χ2v) is 5.31. The fourth-order valence-corrected chi connectivity index (χ4v) is 2.48. The summed E-state index contributed by atoms with van der Waals surface area (Å²) in [6.45, 7) is 0. The summed E-state index contributed by atoms with van der Waals surface area (Å²) in [5.74, 6) is 1.96. The van der Waals surface area contributed by atoms with Gasteiger partial charge in [-0.25, -0.2) is 9.97 Å². The first-order valence-electron chi connectivity index (χ1n) is 5.51. The topological polar surface area (TPSA) is 69.6 Å². The summed E-state index contributed by atoms with van der Waals surface area (Å²) >= 11 is 1.57. The first kappa shape index (κ1) is 10.6. The van der Waals surface area contributed by atoms with Gasteiger partial charge >= 0.3 is 0 Å². The molecular formula is C11H13N5S. The minimum absolute atomic E-state index is 0.520. The van der Waals surface area contributed by atoms with Gasteiger partial charge in [0.05, 0.1) is 11.1 Å². The summed E-state index contributed by atoms with van der Waals surface area (Å²) in [7, 11) is 1.90. The molecule has 17 heavy (non-hydrogen) atoms. The number of aromatic nitrogens is 4. The van der Waals surface area contributed by atoms with Gasteiger partial charge in [-0.3, -0.25) is 4.68 Å². The van der Waals surface area contributed by atoms with Crippen LogP contribution >= 0.6 is 11.8 Å². The lowest BCUT2D eigenvalue weighted by molar-refractivity contribution is 0.766.